The molecule has 2 heterocycles. The molecule has 0 unspecified atom stereocenters. The topological polar surface area (TPSA) is 126 Å². The molecular weight excluding hydrogens is 664 g/mol. The van der Waals surface area contributed by atoms with Crippen molar-refractivity contribution in [1.82, 2.24) is 9.21 Å². The molecule has 13 heteroatoms. The van der Waals surface area contributed by atoms with Gasteiger partial charge in [0.15, 0.2) is 17.3 Å². The molecule has 0 spiro atoms. The first-order valence-electron chi connectivity index (χ1n) is 16.5. The van der Waals surface area contributed by atoms with Crippen LogP contribution in [0.4, 0.5) is 0 Å². The van der Waals surface area contributed by atoms with Crippen molar-refractivity contribution >= 4 is 21.0 Å². The van der Waals surface area contributed by atoms with Crippen LogP contribution < -0.4 is 33.8 Å². The fourth-order valence-electron chi connectivity index (χ4n) is 6.26. The van der Waals surface area contributed by atoms with Gasteiger partial charge in [-0.1, -0.05) is 17.7 Å². The first-order valence-corrected chi connectivity index (χ1v) is 17.9. The summed E-state index contributed by atoms with van der Waals surface area (Å²) in [7, 11) is 6.10. The molecule has 270 valence electrons. The molecule has 1 aromatic heterocycles. The van der Waals surface area contributed by atoms with Crippen molar-refractivity contribution in [3.63, 3.8) is 0 Å². The van der Waals surface area contributed by atoms with E-state index in [0.717, 1.165) is 31.4 Å². The van der Waals surface area contributed by atoms with Gasteiger partial charge < -0.3 is 37.7 Å². The number of methoxy groups -OCH3 is 5. The Hall–Kier alpha value is -4.46. The van der Waals surface area contributed by atoms with Crippen LogP contribution in [0.1, 0.15) is 31.2 Å². The Morgan fingerprint density at radius 2 is 1.46 bits per heavy atom. The van der Waals surface area contributed by atoms with Gasteiger partial charge in [-0.2, -0.15) is 4.31 Å². The quantitative estimate of drug-likeness (QED) is 0.140. The van der Waals surface area contributed by atoms with Crippen molar-refractivity contribution in [3.8, 4) is 45.8 Å². The lowest BCUT2D eigenvalue weighted by Gasteiger charge is -2.36. The van der Waals surface area contributed by atoms with Gasteiger partial charge in [-0.3, -0.25) is 4.79 Å². The van der Waals surface area contributed by atoms with Crippen LogP contribution >= 0.6 is 0 Å². The van der Waals surface area contributed by atoms with Gasteiger partial charge in [0.2, 0.25) is 27.0 Å². The standard InChI is InChI=1S/C37H46N2O10S/c1-24-10-12-28(13-11-24)50(41,42)39-17-14-26(15-18-39)38(2)16-8-9-19-48-37-34(40)33-29(44-4)22-27(43-3)23-30(33)49-35(37)25-20-31(45-5)36(47-7)32(21-25)46-6/h10-13,20-23,26H,8-9,14-19H2,1-7H3. The van der Waals surface area contributed by atoms with Crippen LogP contribution in [0.2, 0.25) is 0 Å². The maximum Gasteiger partial charge on any atom is 0.243 e. The van der Waals surface area contributed by atoms with E-state index >= 15 is 0 Å². The van der Waals surface area contributed by atoms with E-state index in [4.69, 9.17) is 32.8 Å². The van der Waals surface area contributed by atoms with E-state index in [-0.39, 0.29) is 40.6 Å². The monoisotopic (exact) mass is 710 g/mol. The van der Waals surface area contributed by atoms with Crippen LogP contribution in [-0.4, -0.2) is 92.5 Å². The van der Waals surface area contributed by atoms with Gasteiger partial charge >= 0.3 is 0 Å². The Labute approximate surface area is 293 Å². The molecule has 0 aliphatic carbocycles. The highest BCUT2D eigenvalue weighted by atomic mass is 32.2. The number of benzene rings is 3. The maximum absolute atomic E-state index is 14.1. The zero-order chi connectivity index (χ0) is 36.0. The van der Waals surface area contributed by atoms with Gasteiger partial charge in [-0.25, -0.2) is 8.42 Å². The number of nitrogens with zero attached hydrogens (tertiary/aromatic N) is 2. The molecule has 1 fully saturated rings. The van der Waals surface area contributed by atoms with E-state index in [9.17, 15) is 13.2 Å². The van der Waals surface area contributed by atoms with Gasteiger partial charge in [-0.15, -0.1) is 0 Å². The van der Waals surface area contributed by atoms with E-state index in [1.54, 1.807) is 40.7 Å². The fourth-order valence-corrected chi connectivity index (χ4v) is 7.73. The molecule has 0 N–H and O–H groups in total. The number of rotatable bonds is 15. The summed E-state index contributed by atoms with van der Waals surface area (Å²) in [4.78, 5) is 16.7. The van der Waals surface area contributed by atoms with Crippen LogP contribution in [0.25, 0.3) is 22.3 Å². The number of hydrogen-bond acceptors (Lipinski definition) is 11. The molecule has 4 aromatic rings. The summed E-state index contributed by atoms with van der Waals surface area (Å²) in [5, 5.41) is 0.231. The van der Waals surface area contributed by atoms with E-state index in [2.05, 4.69) is 11.9 Å². The number of unbranched alkanes of at least 4 members (excludes halogenated alkanes) is 1. The van der Waals surface area contributed by atoms with Crippen molar-refractivity contribution in [2.45, 2.75) is 43.5 Å². The van der Waals surface area contributed by atoms with Crippen molar-refractivity contribution < 1.29 is 41.3 Å². The Kier molecular flexibility index (Phi) is 11.8. The molecule has 1 aliphatic heterocycles. The normalized spacial score (nSPS) is 14.2. The van der Waals surface area contributed by atoms with Crippen LogP contribution in [0.3, 0.4) is 0 Å². The van der Waals surface area contributed by atoms with E-state index in [1.807, 2.05) is 19.1 Å². The van der Waals surface area contributed by atoms with Crippen LogP contribution in [0.15, 0.2) is 62.6 Å². The van der Waals surface area contributed by atoms with Crippen LogP contribution in [0, 0.1) is 6.92 Å². The largest absolute Gasteiger partial charge is 0.496 e. The summed E-state index contributed by atoms with van der Waals surface area (Å²) in [6.45, 7) is 3.94. The van der Waals surface area contributed by atoms with Crippen LogP contribution in [0.5, 0.6) is 34.5 Å². The van der Waals surface area contributed by atoms with Crippen molar-refractivity contribution in [3.05, 3.63) is 64.3 Å². The number of fused-ring (bicyclic) bond motifs is 1. The second kappa shape index (κ2) is 16.0. The first kappa shape index (κ1) is 36.8. The smallest absolute Gasteiger partial charge is 0.243 e. The molecule has 0 atom stereocenters. The third-order valence-electron chi connectivity index (χ3n) is 9.13. The van der Waals surface area contributed by atoms with E-state index in [1.165, 1.54) is 35.5 Å². The fraction of sp³-hybridized carbons (Fsp3) is 0.432. The molecule has 1 aliphatic rings. The first-order chi connectivity index (χ1) is 24.1. The second-order valence-electron chi connectivity index (χ2n) is 12.2. The van der Waals surface area contributed by atoms with Gasteiger partial charge in [0.1, 0.15) is 22.5 Å². The van der Waals surface area contributed by atoms with Gasteiger partial charge in [0.05, 0.1) is 47.1 Å². The number of aryl methyl sites for hydroxylation is 1. The lowest BCUT2D eigenvalue weighted by atomic mass is 10.1. The minimum atomic E-state index is -3.51. The average Bonchev–Trinajstić information content (AvgIpc) is 3.14. The molecule has 3 aromatic carbocycles. The summed E-state index contributed by atoms with van der Waals surface area (Å²) in [6, 6.07) is 13.9. The molecular formula is C37H46N2O10S. The van der Waals surface area contributed by atoms with Crippen LogP contribution in [-0.2, 0) is 10.0 Å². The molecule has 5 rings (SSSR count). The highest BCUT2D eigenvalue weighted by Crippen LogP contribution is 2.44. The summed E-state index contributed by atoms with van der Waals surface area (Å²) in [6.07, 6.45) is 2.97. The molecule has 0 bridgehead atoms. The highest BCUT2D eigenvalue weighted by Gasteiger charge is 2.31. The van der Waals surface area contributed by atoms with Gasteiger partial charge in [0, 0.05) is 36.8 Å². The predicted octanol–water partition coefficient (Wildman–Crippen LogP) is 5.76. The van der Waals surface area contributed by atoms with Gasteiger partial charge in [-0.05, 0) is 70.5 Å². The number of piperidine rings is 1. The van der Waals surface area contributed by atoms with E-state index < -0.39 is 10.0 Å². The minimum absolute atomic E-state index is 0.0331. The number of hydrogen-bond donors (Lipinski definition) is 0. The number of sulfonamides is 1. The SMILES string of the molecule is COc1cc(OC)c2c(=O)c(OCCCCN(C)C3CCN(S(=O)(=O)c4ccc(C)cc4)CC3)c(-c3cc(OC)c(OC)c(OC)c3)oc2c1. The summed E-state index contributed by atoms with van der Waals surface area (Å²) in [5.41, 5.74) is 1.39. The Morgan fingerprint density at radius 3 is 2.04 bits per heavy atom. The third-order valence-corrected chi connectivity index (χ3v) is 11.0. The zero-order valence-corrected chi connectivity index (χ0v) is 30.6. The Balaban J connectivity index is 1.29. The summed E-state index contributed by atoms with van der Waals surface area (Å²) in [5.74, 6) is 2.17. The minimum Gasteiger partial charge on any atom is -0.496 e. The zero-order valence-electron chi connectivity index (χ0n) is 29.7. The molecule has 12 nitrogen and oxygen atoms in total. The molecule has 50 heavy (non-hydrogen) atoms. The molecule has 0 amide bonds. The van der Waals surface area contributed by atoms with Crippen molar-refractivity contribution in [1.29, 1.82) is 0 Å². The molecule has 1 saturated heterocycles. The predicted molar refractivity (Wildman–Crippen MR) is 191 cm³/mol. The third kappa shape index (κ3) is 7.64. The van der Waals surface area contributed by atoms with Gasteiger partial charge in [0.25, 0.3) is 0 Å². The lowest BCUT2D eigenvalue weighted by molar-refractivity contribution is 0.163. The highest BCUT2D eigenvalue weighted by molar-refractivity contribution is 7.89. The Morgan fingerprint density at radius 1 is 0.820 bits per heavy atom. The maximum atomic E-state index is 14.1. The molecule has 0 saturated carbocycles. The van der Waals surface area contributed by atoms with Crippen molar-refractivity contribution in [2.75, 3.05) is 68.8 Å². The number of ether oxygens (including phenoxy) is 6. The summed E-state index contributed by atoms with van der Waals surface area (Å²) >= 11 is 0. The second-order valence-corrected chi connectivity index (χ2v) is 14.1. The average molecular weight is 711 g/mol. The summed E-state index contributed by atoms with van der Waals surface area (Å²) < 4.78 is 68.0. The molecule has 0 radical (unpaired) electrons. The lowest BCUT2D eigenvalue weighted by Crippen LogP contribution is -2.45. The van der Waals surface area contributed by atoms with E-state index in [0.29, 0.717) is 58.7 Å². The Bertz CT molecular complexity index is 1930. The van der Waals surface area contributed by atoms with Crippen molar-refractivity contribution in [2.24, 2.45) is 0 Å².